The SMILES string of the molecule is C[N+](C)(C)CCOP(=O)(O)OC[C@@H](COC(=O)CCCCCCCOc1ccc(-c2ccccc2)cc1)OC(=O)CCCCCCCOc1ccc(-c2ccccc2)cc1. The van der Waals surface area contributed by atoms with E-state index in [1.807, 2.05) is 81.8 Å². The summed E-state index contributed by atoms with van der Waals surface area (Å²) >= 11 is 0. The number of likely N-dealkylation sites (N-methyl/N-ethyl adjacent to an activating group) is 1. The van der Waals surface area contributed by atoms with Crippen LogP contribution in [0.15, 0.2) is 109 Å². The summed E-state index contributed by atoms with van der Waals surface area (Å²) in [6.07, 6.45) is 7.91. The van der Waals surface area contributed by atoms with Gasteiger partial charge in [-0.1, -0.05) is 123 Å². The number of nitrogens with zero attached hydrogens (tertiary/aromatic N) is 1. The Labute approximate surface area is 357 Å². The Balaban J connectivity index is 1.08. The Bertz CT molecular complexity index is 1830. The van der Waals surface area contributed by atoms with Crippen LogP contribution in [0.25, 0.3) is 22.3 Å². The average molecular weight is 847 g/mol. The van der Waals surface area contributed by atoms with Gasteiger partial charge in [-0.15, -0.1) is 0 Å². The van der Waals surface area contributed by atoms with Crippen LogP contribution in [0.4, 0.5) is 0 Å². The number of hydrogen-bond donors (Lipinski definition) is 1. The monoisotopic (exact) mass is 846 g/mol. The second kappa shape index (κ2) is 26.6. The van der Waals surface area contributed by atoms with Gasteiger partial charge >= 0.3 is 19.8 Å². The van der Waals surface area contributed by atoms with E-state index < -0.39 is 32.5 Å². The minimum atomic E-state index is -4.42. The highest BCUT2D eigenvalue weighted by Crippen LogP contribution is 2.43. The molecule has 0 saturated carbocycles. The first-order valence-electron chi connectivity index (χ1n) is 21.3. The maximum Gasteiger partial charge on any atom is 0.472 e. The zero-order valence-electron chi connectivity index (χ0n) is 35.7. The van der Waals surface area contributed by atoms with E-state index in [4.69, 9.17) is 28.0 Å². The number of unbranched alkanes of at least 4 members (excludes halogenated alkanes) is 8. The van der Waals surface area contributed by atoms with Gasteiger partial charge in [0.1, 0.15) is 31.3 Å². The molecule has 1 N–H and O–H groups in total. The van der Waals surface area contributed by atoms with Crippen molar-refractivity contribution in [3.8, 4) is 33.8 Å². The van der Waals surface area contributed by atoms with E-state index in [2.05, 4.69) is 48.5 Å². The van der Waals surface area contributed by atoms with Gasteiger partial charge in [0.25, 0.3) is 0 Å². The fraction of sp³-hybridized carbons (Fsp3) is 0.458. The highest BCUT2D eigenvalue weighted by Gasteiger charge is 2.27. The summed E-state index contributed by atoms with van der Waals surface area (Å²) in [5.41, 5.74) is 4.63. The van der Waals surface area contributed by atoms with Crippen LogP contribution in [0.1, 0.15) is 77.0 Å². The molecule has 0 aliphatic heterocycles. The minimum absolute atomic E-state index is 0.000692. The van der Waals surface area contributed by atoms with Crippen molar-refractivity contribution < 1.29 is 51.5 Å². The number of phosphoric acid groups is 1. The number of phosphoric ester groups is 1. The maximum atomic E-state index is 12.8. The van der Waals surface area contributed by atoms with Crippen LogP contribution in [0, 0.1) is 0 Å². The number of quaternary nitrogens is 1. The molecule has 0 aliphatic carbocycles. The molecule has 4 aromatic rings. The fourth-order valence-corrected chi connectivity index (χ4v) is 6.94. The summed E-state index contributed by atoms with van der Waals surface area (Å²) in [5.74, 6) is 0.757. The van der Waals surface area contributed by atoms with E-state index in [0.29, 0.717) is 37.1 Å². The predicted molar refractivity (Wildman–Crippen MR) is 236 cm³/mol. The lowest BCUT2D eigenvalue weighted by Gasteiger charge is -2.24. The molecule has 60 heavy (non-hydrogen) atoms. The van der Waals surface area contributed by atoms with E-state index in [-0.39, 0.29) is 26.1 Å². The molecule has 0 heterocycles. The molecular weight excluding hydrogens is 781 g/mol. The van der Waals surface area contributed by atoms with Gasteiger partial charge in [-0.2, -0.15) is 0 Å². The second-order valence-electron chi connectivity index (χ2n) is 15.9. The van der Waals surface area contributed by atoms with E-state index in [0.717, 1.165) is 74.0 Å². The Hall–Kier alpha value is -4.51. The molecule has 0 aromatic heterocycles. The first-order valence-corrected chi connectivity index (χ1v) is 22.8. The van der Waals surface area contributed by atoms with Gasteiger partial charge in [-0.05, 0) is 72.2 Å². The molecule has 12 heteroatoms. The number of carbonyl (C=O) groups excluding carboxylic acids is 2. The summed E-state index contributed by atoms with van der Waals surface area (Å²) in [6.45, 7) is 0.979. The topological polar surface area (TPSA) is 127 Å². The number of carbonyl (C=O) groups is 2. The highest BCUT2D eigenvalue weighted by molar-refractivity contribution is 7.47. The van der Waals surface area contributed by atoms with Gasteiger partial charge in [0, 0.05) is 12.8 Å². The lowest BCUT2D eigenvalue weighted by atomic mass is 10.1. The number of esters is 2. The zero-order valence-corrected chi connectivity index (χ0v) is 36.6. The summed E-state index contributed by atoms with van der Waals surface area (Å²) in [6, 6.07) is 36.6. The van der Waals surface area contributed by atoms with E-state index in [1.54, 1.807) is 0 Å². The van der Waals surface area contributed by atoms with Crippen molar-refractivity contribution in [2.75, 3.05) is 60.7 Å². The van der Waals surface area contributed by atoms with Gasteiger partial charge in [0.15, 0.2) is 6.10 Å². The van der Waals surface area contributed by atoms with Crippen molar-refractivity contribution >= 4 is 19.8 Å². The Morgan fingerprint density at radius 1 is 0.533 bits per heavy atom. The summed E-state index contributed by atoms with van der Waals surface area (Å²) in [4.78, 5) is 35.6. The van der Waals surface area contributed by atoms with Crippen LogP contribution in [0.3, 0.4) is 0 Å². The first-order chi connectivity index (χ1) is 29.0. The molecule has 0 fully saturated rings. The Morgan fingerprint density at radius 3 is 1.45 bits per heavy atom. The molecule has 0 saturated heterocycles. The summed E-state index contributed by atoms with van der Waals surface area (Å²) < 4.78 is 46.1. The van der Waals surface area contributed by atoms with Gasteiger partial charge < -0.3 is 28.3 Å². The molecule has 11 nitrogen and oxygen atoms in total. The van der Waals surface area contributed by atoms with Gasteiger partial charge in [0.05, 0.1) is 41.0 Å². The van der Waals surface area contributed by atoms with Crippen molar-refractivity contribution in [2.24, 2.45) is 0 Å². The molecule has 0 aliphatic rings. The Kier molecular flexibility index (Phi) is 21.4. The van der Waals surface area contributed by atoms with Crippen LogP contribution >= 0.6 is 7.82 Å². The second-order valence-corrected chi connectivity index (χ2v) is 17.4. The lowest BCUT2D eigenvalue weighted by Crippen LogP contribution is -2.37. The zero-order chi connectivity index (χ0) is 42.9. The van der Waals surface area contributed by atoms with E-state index >= 15 is 0 Å². The van der Waals surface area contributed by atoms with Crippen molar-refractivity contribution in [2.45, 2.75) is 83.2 Å². The third kappa shape index (κ3) is 20.6. The average Bonchev–Trinajstić information content (AvgIpc) is 3.24. The number of benzene rings is 4. The van der Waals surface area contributed by atoms with Crippen molar-refractivity contribution in [1.29, 1.82) is 0 Å². The third-order valence-electron chi connectivity index (χ3n) is 9.68. The van der Waals surface area contributed by atoms with Crippen molar-refractivity contribution in [3.05, 3.63) is 109 Å². The number of ether oxygens (including phenoxy) is 4. The standard InChI is InChI=1S/C48H64NO10P/c1-49(2,3)34-37-57-60(52,53)58-39-46(59-48(51)25-17-7-5-9-19-36-55-45-32-28-43(29-33-45)41-22-14-11-15-23-41)38-56-47(50)24-16-6-4-8-18-35-54-44-30-26-42(27-31-44)40-20-12-10-13-21-40/h10-15,20-23,26-33,46H,4-9,16-19,24-25,34-39H2,1-3H3/p+1/t46-/m1/s1. The van der Waals surface area contributed by atoms with Crippen LogP contribution in [0.2, 0.25) is 0 Å². The quantitative estimate of drug-likeness (QED) is 0.0234. The molecule has 4 rings (SSSR count). The molecular formula is C48H65NO10P+. The maximum absolute atomic E-state index is 12.8. The fourth-order valence-electron chi connectivity index (χ4n) is 6.20. The normalized spacial score (nSPS) is 12.9. The largest absolute Gasteiger partial charge is 0.494 e. The number of rotatable bonds is 30. The summed E-state index contributed by atoms with van der Waals surface area (Å²) in [5, 5.41) is 0. The molecule has 4 aromatic carbocycles. The van der Waals surface area contributed by atoms with Crippen LogP contribution in [-0.2, 0) is 32.7 Å². The van der Waals surface area contributed by atoms with Crippen molar-refractivity contribution in [3.63, 3.8) is 0 Å². The van der Waals surface area contributed by atoms with E-state index in [9.17, 15) is 19.0 Å². The lowest BCUT2D eigenvalue weighted by molar-refractivity contribution is -0.870. The van der Waals surface area contributed by atoms with Crippen LogP contribution < -0.4 is 9.47 Å². The molecule has 2 atom stereocenters. The predicted octanol–water partition coefficient (Wildman–Crippen LogP) is 10.5. The van der Waals surface area contributed by atoms with Crippen LogP contribution in [-0.4, -0.2) is 88.1 Å². The highest BCUT2D eigenvalue weighted by atomic mass is 31.2. The van der Waals surface area contributed by atoms with Gasteiger partial charge in [-0.25, -0.2) is 4.57 Å². The molecule has 0 amide bonds. The molecule has 326 valence electrons. The molecule has 0 radical (unpaired) electrons. The number of hydrogen-bond acceptors (Lipinski definition) is 9. The smallest absolute Gasteiger partial charge is 0.472 e. The first kappa shape index (κ1) is 48.2. The molecule has 0 spiro atoms. The van der Waals surface area contributed by atoms with Crippen LogP contribution in [0.5, 0.6) is 11.5 Å². The molecule has 0 bridgehead atoms. The van der Waals surface area contributed by atoms with Gasteiger partial charge in [0.2, 0.25) is 0 Å². The van der Waals surface area contributed by atoms with Gasteiger partial charge in [-0.3, -0.25) is 18.6 Å². The third-order valence-corrected chi connectivity index (χ3v) is 10.7. The van der Waals surface area contributed by atoms with Crippen molar-refractivity contribution in [1.82, 2.24) is 0 Å². The molecule has 1 unspecified atom stereocenters. The summed E-state index contributed by atoms with van der Waals surface area (Å²) in [7, 11) is 1.37. The van der Waals surface area contributed by atoms with E-state index in [1.165, 1.54) is 11.1 Å². The minimum Gasteiger partial charge on any atom is -0.494 e. The Morgan fingerprint density at radius 2 is 0.967 bits per heavy atom.